The number of carboxylic acid groups (broad SMARTS) is 1. The second kappa shape index (κ2) is 7.12. The van der Waals surface area contributed by atoms with E-state index in [0.29, 0.717) is 6.07 Å². The maximum absolute atomic E-state index is 13.9. The summed E-state index contributed by atoms with van der Waals surface area (Å²) in [6.45, 7) is 1.90. The Kier molecular flexibility index (Phi) is 5.61. The van der Waals surface area contributed by atoms with Crippen LogP contribution in [0.2, 0.25) is 5.02 Å². The number of benzene rings is 1. The van der Waals surface area contributed by atoms with Gasteiger partial charge in [0.05, 0.1) is 10.6 Å². The van der Waals surface area contributed by atoms with E-state index in [0.717, 1.165) is 32.0 Å². The zero-order chi connectivity index (χ0) is 17.2. The van der Waals surface area contributed by atoms with E-state index in [9.17, 15) is 17.6 Å². The molecule has 2 N–H and O–H groups in total. The van der Waals surface area contributed by atoms with Crippen molar-refractivity contribution in [2.45, 2.75) is 17.7 Å². The Bertz CT molecular complexity index is 711. The average molecular weight is 365 g/mol. The van der Waals surface area contributed by atoms with Gasteiger partial charge in [-0.05, 0) is 44.5 Å². The van der Waals surface area contributed by atoms with Crippen molar-refractivity contribution in [2.75, 3.05) is 26.7 Å². The summed E-state index contributed by atoms with van der Waals surface area (Å²) in [5, 5.41) is 8.64. The predicted molar refractivity (Wildman–Crippen MR) is 83.8 cm³/mol. The van der Waals surface area contributed by atoms with Gasteiger partial charge in [-0.25, -0.2) is 22.3 Å². The number of sulfonamides is 1. The summed E-state index contributed by atoms with van der Waals surface area (Å²) in [5.74, 6) is -2.36. The van der Waals surface area contributed by atoms with E-state index in [1.165, 1.54) is 0 Å². The molecule has 2 rings (SSSR count). The van der Waals surface area contributed by atoms with Gasteiger partial charge in [0.25, 0.3) is 0 Å². The first-order valence-corrected chi connectivity index (χ1v) is 8.97. The van der Waals surface area contributed by atoms with Crippen LogP contribution in [0.3, 0.4) is 0 Å². The lowest BCUT2D eigenvalue weighted by Gasteiger charge is -2.29. The van der Waals surface area contributed by atoms with Crippen LogP contribution in [0.1, 0.15) is 23.2 Å². The molecule has 9 heteroatoms. The third kappa shape index (κ3) is 4.41. The van der Waals surface area contributed by atoms with Crippen molar-refractivity contribution in [3.63, 3.8) is 0 Å². The minimum absolute atomic E-state index is 0.137. The van der Waals surface area contributed by atoms with Crippen molar-refractivity contribution in [1.82, 2.24) is 9.62 Å². The minimum atomic E-state index is -4.15. The molecule has 0 bridgehead atoms. The fourth-order valence-corrected chi connectivity index (χ4v) is 4.07. The second-order valence-corrected chi connectivity index (χ2v) is 7.83. The van der Waals surface area contributed by atoms with Gasteiger partial charge in [-0.2, -0.15) is 0 Å². The van der Waals surface area contributed by atoms with Crippen LogP contribution in [0.15, 0.2) is 17.0 Å². The van der Waals surface area contributed by atoms with Crippen molar-refractivity contribution in [3.8, 4) is 0 Å². The number of hydrogen-bond acceptors (Lipinski definition) is 4. The summed E-state index contributed by atoms with van der Waals surface area (Å²) in [6.07, 6.45) is 1.86. The molecule has 0 saturated carbocycles. The minimum Gasteiger partial charge on any atom is -0.478 e. The number of hydrogen-bond donors (Lipinski definition) is 2. The zero-order valence-electron chi connectivity index (χ0n) is 12.6. The number of rotatable bonds is 5. The van der Waals surface area contributed by atoms with E-state index >= 15 is 0 Å². The molecule has 128 valence electrons. The SMILES string of the molecule is CN1CCCC(CNS(=O)(=O)c2cc(C(=O)O)c(Cl)cc2F)C1. The largest absolute Gasteiger partial charge is 0.478 e. The van der Waals surface area contributed by atoms with Gasteiger partial charge in [0, 0.05) is 13.1 Å². The summed E-state index contributed by atoms with van der Waals surface area (Å²) in [5.41, 5.74) is -0.453. The molecule has 0 amide bonds. The number of carboxylic acids is 1. The Balaban J connectivity index is 2.19. The smallest absolute Gasteiger partial charge is 0.337 e. The Labute approximate surface area is 139 Å². The van der Waals surface area contributed by atoms with E-state index in [-0.39, 0.29) is 17.5 Å². The predicted octanol–water partition coefficient (Wildman–Crippen LogP) is 1.80. The monoisotopic (exact) mass is 364 g/mol. The second-order valence-electron chi connectivity index (χ2n) is 5.69. The maximum atomic E-state index is 13.9. The van der Waals surface area contributed by atoms with Crippen LogP contribution < -0.4 is 4.72 Å². The van der Waals surface area contributed by atoms with Crippen molar-refractivity contribution >= 4 is 27.6 Å². The van der Waals surface area contributed by atoms with Crippen LogP contribution in [-0.4, -0.2) is 51.1 Å². The zero-order valence-corrected chi connectivity index (χ0v) is 14.1. The Morgan fingerprint density at radius 1 is 1.52 bits per heavy atom. The molecule has 1 aromatic carbocycles. The molecule has 1 aromatic rings. The van der Waals surface area contributed by atoms with E-state index in [1.807, 2.05) is 7.05 Å². The maximum Gasteiger partial charge on any atom is 0.337 e. The third-order valence-corrected chi connectivity index (χ3v) is 5.58. The molecule has 1 aliphatic rings. The van der Waals surface area contributed by atoms with Gasteiger partial charge in [0.2, 0.25) is 10.0 Å². The lowest BCUT2D eigenvalue weighted by molar-refractivity contribution is 0.0696. The van der Waals surface area contributed by atoms with Gasteiger partial charge in [0.15, 0.2) is 0 Å². The van der Waals surface area contributed by atoms with E-state index in [4.69, 9.17) is 16.7 Å². The normalized spacial score (nSPS) is 19.7. The molecule has 0 radical (unpaired) electrons. The number of piperidine rings is 1. The van der Waals surface area contributed by atoms with Crippen LogP contribution in [0.5, 0.6) is 0 Å². The molecule has 1 atom stereocenters. The number of carbonyl (C=O) groups is 1. The lowest BCUT2D eigenvalue weighted by atomic mass is 9.99. The van der Waals surface area contributed by atoms with E-state index in [1.54, 1.807) is 0 Å². The van der Waals surface area contributed by atoms with Crippen LogP contribution in [0.25, 0.3) is 0 Å². The van der Waals surface area contributed by atoms with Gasteiger partial charge in [0.1, 0.15) is 10.7 Å². The van der Waals surface area contributed by atoms with Gasteiger partial charge in [-0.3, -0.25) is 0 Å². The third-order valence-electron chi connectivity index (χ3n) is 3.83. The molecular formula is C14H18ClFN2O4S. The number of halogens is 2. The highest BCUT2D eigenvalue weighted by molar-refractivity contribution is 7.89. The summed E-state index contributed by atoms with van der Waals surface area (Å²) < 4.78 is 40.8. The average Bonchev–Trinajstić information content (AvgIpc) is 2.44. The van der Waals surface area contributed by atoms with Crippen molar-refractivity contribution < 1.29 is 22.7 Å². The Hall–Kier alpha value is -1.22. The van der Waals surface area contributed by atoms with Crippen LogP contribution >= 0.6 is 11.6 Å². The number of nitrogens with zero attached hydrogens (tertiary/aromatic N) is 1. The molecule has 23 heavy (non-hydrogen) atoms. The fourth-order valence-electron chi connectivity index (χ4n) is 2.64. The first-order chi connectivity index (χ1) is 10.7. The summed E-state index contributed by atoms with van der Waals surface area (Å²) >= 11 is 5.62. The fraction of sp³-hybridized carbons (Fsp3) is 0.500. The first-order valence-electron chi connectivity index (χ1n) is 7.11. The van der Waals surface area contributed by atoms with Crippen LogP contribution in [0.4, 0.5) is 4.39 Å². The van der Waals surface area contributed by atoms with Crippen molar-refractivity contribution in [1.29, 1.82) is 0 Å². The van der Waals surface area contributed by atoms with Gasteiger partial charge in [-0.15, -0.1) is 0 Å². The molecular weight excluding hydrogens is 347 g/mol. The first kappa shape index (κ1) is 18.1. The molecule has 1 saturated heterocycles. The number of aromatic carboxylic acids is 1. The van der Waals surface area contributed by atoms with Crippen LogP contribution in [-0.2, 0) is 10.0 Å². The highest BCUT2D eigenvalue weighted by atomic mass is 35.5. The standard InChI is InChI=1S/C14H18ClFN2O4S/c1-18-4-2-3-9(8-18)7-17-23(21,22)13-5-10(14(19)20)11(15)6-12(13)16/h5-6,9,17H,2-4,7-8H2,1H3,(H,19,20). The van der Waals surface area contributed by atoms with E-state index in [2.05, 4.69) is 9.62 Å². The highest BCUT2D eigenvalue weighted by Gasteiger charge is 2.25. The molecule has 6 nitrogen and oxygen atoms in total. The molecule has 0 aromatic heterocycles. The molecule has 1 unspecified atom stereocenters. The summed E-state index contributed by atoms with van der Waals surface area (Å²) in [6, 6.07) is 1.45. The van der Waals surface area contributed by atoms with Crippen molar-refractivity contribution in [2.24, 2.45) is 5.92 Å². The quantitative estimate of drug-likeness (QED) is 0.832. The lowest BCUT2D eigenvalue weighted by Crippen LogP contribution is -2.39. The van der Waals surface area contributed by atoms with Gasteiger partial charge < -0.3 is 10.0 Å². The number of likely N-dealkylation sites (tertiary alicyclic amines) is 1. The van der Waals surface area contributed by atoms with Crippen molar-refractivity contribution in [3.05, 3.63) is 28.5 Å². The van der Waals surface area contributed by atoms with Gasteiger partial charge >= 0.3 is 5.97 Å². The summed E-state index contributed by atoms with van der Waals surface area (Å²) in [7, 11) is -2.19. The molecule has 1 fully saturated rings. The van der Waals surface area contributed by atoms with E-state index < -0.39 is 32.3 Å². The van der Waals surface area contributed by atoms with Crippen LogP contribution in [0, 0.1) is 11.7 Å². The topological polar surface area (TPSA) is 86.7 Å². The molecule has 0 spiro atoms. The van der Waals surface area contributed by atoms with Gasteiger partial charge in [-0.1, -0.05) is 11.6 Å². The highest BCUT2D eigenvalue weighted by Crippen LogP contribution is 2.24. The Morgan fingerprint density at radius 2 is 2.22 bits per heavy atom. The summed E-state index contributed by atoms with van der Waals surface area (Å²) in [4.78, 5) is 12.4. The number of nitrogens with one attached hydrogen (secondary N) is 1. The Morgan fingerprint density at radius 3 is 2.83 bits per heavy atom. The molecule has 1 heterocycles. The molecule has 1 aliphatic heterocycles. The molecule has 0 aliphatic carbocycles.